The van der Waals surface area contributed by atoms with Crippen molar-refractivity contribution >= 4 is 31.0 Å². The van der Waals surface area contributed by atoms with Crippen molar-refractivity contribution in [2.24, 2.45) is 5.92 Å². The van der Waals surface area contributed by atoms with E-state index in [9.17, 15) is 29.6 Å². The Kier molecular flexibility index (Phi) is 11.4. The summed E-state index contributed by atoms with van der Waals surface area (Å²) in [7, 11) is -4.53. The van der Waals surface area contributed by atoms with Crippen LogP contribution in [-0.2, 0) is 38.2 Å². The molecule has 0 spiro atoms. The highest BCUT2D eigenvalue weighted by atomic mass is 31.2. The summed E-state index contributed by atoms with van der Waals surface area (Å²) in [6.45, 7) is 3.86. The zero-order valence-corrected chi connectivity index (χ0v) is 26.3. The fourth-order valence-electron chi connectivity index (χ4n) is 4.69. The van der Waals surface area contributed by atoms with E-state index in [4.69, 9.17) is 29.0 Å². The lowest BCUT2D eigenvalue weighted by atomic mass is 9.92. The molecule has 248 valence electrons. The number of aliphatic hydroxyl groups excluding tert-OH is 2. The molecule has 3 aromatic heterocycles. The van der Waals surface area contributed by atoms with Gasteiger partial charge < -0.3 is 30.2 Å². The van der Waals surface area contributed by atoms with Crippen molar-refractivity contribution in [1.82, 2.24) is 24.7 Å². The van der Waals surface area contributed by atoms with E-state index in [0.717, 1.165) is 19.2 Å². The molecule has 3 aromatic rings. The molecule has 0 bridgehead atoms. The van der Waals surface area contributed by atoms with Gasteiger partial charge in [0.25, 0.3) is 0 Å². The summed E-state index contributed by atoms with van der Waals surface area (Å²) in [5.74, 6) is -1.35. The van der Waals surface area contributed by atoms with E-state index in [1.165, 1.54) is 48.1 Å². The van der Waals surface area contributed by atoms with Gasteiger partial charge in [-0.15, -0.1) is 0 Å². The first-order chi connectivity index (χ1) is 22.0. The van der Waals surface area contributed by atoms with Gasteiger partial charge in [-0.3, -0.25) is 18.8 Å². The van der Waals surface area contributed by atoms with Crippen molar-refractivity contribution in [3.8, 4) is 6.07 Å². The fourth-order valence-corrected chi connectivity index (χ4v) is 6.03. The van der Waals surface area contributed by atoms with Crippen LogP contribution in [0.2, 0.25) is 0 Å². The highest BCUT2D eigenvalue weighted by molar-refractivity contribution is 7.51. The van der Waals surface area contributed by atoms with Crippen molar-refractivity contribution in [2.75, 3.05) is 25.7 Å². The van der Waals surface area contributed by atoms with Crippen LogP contribution in [0.5, 0.6) is 0 Å². The average molecular weight is 662 g/mol. The Morgan fingerprint density at radius 2 is 2.00 bits per heavy atom. The summed E-state index contributed by atoms with van der Waals surface area (Å²) in [6.07, 6.45) is 0.476. The van der Waals surface area contributed by atoms with E-state index in [0.29, 0.717) is 5.52 Å². The number of aromatic nitrogens is 4. The van der Waals surface area contributed by atoms with Crippen molar-refractivity contribution < 1.29 is 47.6 Å². The molecule has 4 heterocycles. The van der Waals surface area contributed by atoms with Crippen molar-refractivity contribution in [3.63, 3.8) is 0 Å². The minimum atomic E-state index is -4.53. The first-order valence-electron chi connectivity index (χ1n) is 14.4. The van der Waals surface area contributed by atoms with Crippen LogP contribution in [0.25, 0.3) is 5.52 Å². The summed E-state index contributed by atoms with van der Waals surface area (Å²) in [5.41, 5.74) is 4.21. The summed E-state index contributed by atoms with van der Waals surface area (Å²) < 4.78 is 42.2. The Morgan fingerprint density at radius 1 is 1.24 bits per heavy atom. The standard InChI is InChI=1S/C28H36N7O10P/c1-4-18(5-2)12-41-26(38)17(3)34-46(40,44-16-42-27(39)19-7-6-10-31-11-19)43-13-21-23(36)24(37)28(14-29,45-21)22-9-8-20-25(30)32-15-33-35(20)22/h6-11,15,17-18,21,23-24,36-37H,4-5,12-13,16H2,1-3H3,(H,34,40)(H2,30,32,33)/t17-,21+,23+,24+,28-,46-/m0/s1. The van der Waals surface area contributed by atoms with Gasteiger partial charge in [0, 0.05) is 12.4 Å². The molecule has 1 saturated heterocycles. The number of carbonyl (C=O) groups excluding carboxylic acids is 2. The second-order valence-corrected chi connectivity index (χ2v) is 12.2. The van der Waals surface area contributed by atoms with E-state index < -0.39 is 63.0 Å². The average Bonchev–Trinajstić information content (AvgIpc) is 3.60. The van der Waals surface area contributed by atoms with E-state index in [-0.39, 0.29) is 29.6 Å². The Hall–Kier alpha value is -4.01. The van der Waals surface area contributed by atoms with Crippen LogP contribution in [0, 0.1) is 17.2 Å². The van der Waals surface area contributed by atoms with Gasteiger partial charge >= 0.3 is 19.7 Å². The number of hydrogen-bond acceptors (Lipinski definition) is 15. The number of nitrogens with zero attached hydrogens (tertiary/aromatic N) is 5. The van der Waals surface area contributed by atoms with E-state index in [2.05, 4.69) is 20.2 Å². The van der Waals surface area contributed by atoms with Crippen molar-refractivity contribution in [3.05, 3.63) is 54.2 Å². The lowest BCUT2D eigenvalue weighted by molar-refractivity contribution is -0.146. The van der Waals surface area contributed by atoms with Gasteiger partial charge in [-0.25, -0.2) is 23.9 Å². The van der Waals surface area contributed by atoms with Crippen LogP contribution < -0.4 is 10.8 Å². The maximum Gasteiger partial charge on any atom is 0.409 e. The SMILES string of the molecule is CCC(CC)COC(=O)[C@H](C)N[P@@](=O)(OCOC(=O)c1cccnc1)OC[C@H]1O[C@@](C#N)(c2ccc3c(N)ncnn23)[C@H](O)[C@@H]1O. The number of anilines is 1. The van der Waals surface area contributed by atoms with Gasteiger partial charge in [0.1, 0.15) is 42.3 Å². The minimum Gasteiger partial charge on any atom is -0.464 e. The quantitative estimate of drug-likeness (QED) is 0.102. The molecule has 46 heavy (non-hydrogen) atoms. The van der Waals surface area contributed by atoms with E-state index >= 15 is 0 Å². The first kappa shape index (κ1) is 34.9. The number of carbonyl (C=O) groups is 2. The number of esters is 2. The van der Waals surface area contributed by atoms with E-state index in [1.807, 2.05) is 19.9 Å². The number of nitrogen functional groups attached to an aromatic ring is 1. The summed E-state index contributed by atoms with van der Waals surface area (Å²) in [5, 5.41) is 38.5. The second-order valence-electron chi connectivity index (χ2n) is 10.5. The molecule has 0 amide bonds. The molecule has 0 unspecified atom stereocenters. The van der Waals surface area contributed by atoms with Gasteiger partial charge in [-0.1, -0.05) is 26.7 Å². The minimum absolute atomic E-state index is 0.0434. The lowest BCUT2D eigenvalue weighted by Gasteiger charge is -2.25. The van der Waals surface area contributed by atoms with Crippen LogP contribution in [0.15, 0.2) is 43.0 Å². The molecule has 0 aliphatic carbocycles. The van der Waals surface area contributed by atoms with Gasteiger partial charge in [0.2, 0.25) is 12.4 Å². The van der Waals surface area contributed by atoms with Gasteiger partial charge in [0.15, 0.2) is 5.82 Å². The largest absolute Gasteiger partial charge is 0.464 e. The third-order valence-corrected chi connectivity index (χ3v) is 9.16. The Labute approximate surface area is 264 Å². The molecule has 0 saturated carbocycles. The molecule has 0 aromatic carbocycles. The zero-order valence-electron chi connectivity index (χ0n) is 25.4. The zero-order chi connectivity index (χ0) is 33.5. The van der Waals surface area contributed by atoms with Gasteiger partial charge in [-0.2, -0.15) is 10.4 Å². The summed E-state index contributed by atoms with van der Waals surface area (Å²) in [4.78, 5) is 32.8. The van der Waals surface area contributed by atoms with Crippen LogP contribution in [0.4, 0.5) is 5.82 Å². The maximum absolute atomic E-state index is 13.8. The lowest BCUT2D eigenvalue weighted by Crippen LogP contribution is -2.41. The number of rotatable bonds is 15. The first-order valence-corrected chi connectivity index (χ1v) is 16.0. The molecule has 6 atom stereocenters. The predicted molar refractivity (Wildman–Crippen MR) is 158 cm³/mol. The summed E-state index contributed by atoms with van der Waals surface area (Å²) in [6, 6.07) is 6.58. The molecule has 0 radical (unpaired) electrons. The second kappa shape index (κ2) is 15.1. The highest BCUT2D eigenvalue weighted by Gasteiger charge is 2.58. The van der Waals surface area contributed by atoms with E-state index in [1.54, 1.807) is 0 Å². The third kappa shape index (κ3) is 7.51. The number of nitriles is 1. The molecule has 4 rings (SSSR count). The molecule has 5 N–H and O–H groups in total. The number of ether oxygens (including phenoxy) is 3. The Morgan fingerprint density at radius 3 is 2.67 bits per heavy atom. The van der Waals surface area contributed by atoms with Crippen molar-refractivity contribution in [1.29, 1.82) is 5.26 Å². The number of pyridine rings is 1. The predicted octanol–water partition coefficient (Wildman–Crippen LogP) is 1.46. The number of fused-ring (bicyclic) bond motifs is 1. The normalized spacial score (nSPS) is 23.1. The maximum atomic E-state index is 13.8. The Balaban J connectivity index is 1.50. The number of nitrogens with two attached hydrogens (primary N) is 1. The van der Waals surface area contributed by atoms with Crippen LogP contribution in [-0.4, -0.2) is 86.1 Å². The molecule has 1 fully saturated rings. The number of nitrogens with one attached hydrogen (secondary N) is 1. The van der Waals surface area contributed by atoms with Gasteiger partial charge in [0.05, 0.1) is 24.5 Å². The van der Waals surface area contributed by atoms with Crippen LogP contribution in [0.3, 0.4) is 0 Å². The number of hydrogen-bond donors (Lipinski definition) is 4. The topological polar surface area (TPSA) is 243 Å². The van der Waals surface area contributed by atoms with Crippen LogP contribution >= 0.6 is 7.75 Å². The Bertz CT molecular complexity index is 1600. The fraction of sp³-hybridized carbons (Fsp3) is 0.500. The molecule has 18 heteroatoms. The molecular weight excluding hydrogens is 625 g/mol. The molecule has 1 aliphatic heterocycles. The van der Waals surface area contributed by atoms with Gasteiger partial charge in [-0.05, 0) is 37.1 Å². The highest BCUT2D eigenvalue weighted by Crippen LogP contribution is 2.47. The third-order valence-electron chi connectivity index (χ3n) is 7.53. The summed E-state index contributed by atoms with van der Waals surface area (Å²) >= 11 is 0. The molecular formula is C28H36N7O10P. The number of aliphatic hydroxyl groups is 2. The molecule has 1 aliphatic rings. The van der Waals surface area contributed by atoms with Crippen molar-refractivity contribution in [2.45, 2.75) is 63.6 Å². The van der Waals surface area contributed by atoms with Crippen LogP contribution in [0.1, 0.15) is 49.7 Å². The monoisotopic (exact) mass is 661 g/mol. The molecule has 17 nitrogen and oxygen atoms in total. The smallest absolute Gasteiger partial charge is 0.409 e.